The van der Waals surface area contributed by atoms with Gasteiger partial charge in [0, 0.05) is 3.57 Å². The van der Waals surface area contributed by atoms with Gasteiger partial charge in [-0.1, -0.05) is 18.2 Å². The summed E-state index contributed by atoms with van der Waals surface area (Å²) < 4.78 is 34.3. The van der Waals surface area contributed by atoms with Gasteiger partial charge in [0.15, 0.2) is 0 Å². The van der Waals surface area contributed by atoms with E-state index in [-0.39, 0.29) is 10.9 Å². The maximum atomic E-state index is 12.6. The van der Waals surface area contributed by atoms with E-state index in [4.69, 9.17) is 4.74 Å². The molecular weight excluding hydrogens is 465 g/mol. The van der Waals surface area contributed by atoms with Gasteiger partial charge in [-0.05, 0) is 72.8 Å². The van der Waals surface area contributed by atoms with Gasteiger partial charge in [-0.15, -0.1) is 0 Å². The highest BCUT2D eigenvalue weighted by Crippen LogP contribution is 2.25. The number of nitrogens with zero attached hydrogens (tertiary/aromatic N) is 2. The van der Waals surface area contributed by atoms with Crippen LogP contribution in [0.5, 0.6) is 11.8 Å². The predicted molar refractivity (Wildman–Crippen MR) is 108 cm³/mol. The Hall–Kier alpha value is -2.20. The van der Waals surface area contributed by atoms with Crippen molar-refractivity contribution in [3.05, 3.63) is 69.6 Å². The van der Waals surface area contributed by atoms with Crippen molar-refractivity contribution in [1.29, 1.82) is 0 Å². The van der Waals surface area contributed by atoms with Crippen LogP contribution in [0, 0.1) is 17.4 Å². The lowest BCUT2D eigenvalue weighted by atomic mass is 10.3. The summed E-state index contributed by atoms with van der Waals surface area (Å²) in [6.07, 6.45) is 0. The van der Waals surface area contributed by atoms with Crippen molar-refractivity contribution < 1.29 is 13.2 Å². The molecule has 0 aliphatic rings. The molecule has 1 N–H and O–H groups in total. The van der Waals surface area contributed by atoms with Gasteiger partial charge in [0.05, 0.1) is 22.0 Å². The molecule has 2 aromatic carbocycles. The van der Waals surface area contributed by atoms with Gasteiger partial charge in [-0.2, -0.15) is 9.97 Å². The van der Waals surface area contributed by atoms with Gasteiger partial charge < -0.3 is 4.74 Å². The van der Waals surface area contributed by atoms with E-state index in [1.54, 1.807) is 50.2 Å². The molecule has 0 saturated heterocycles. The van der Waals surface area contributed by atoms with Crippen LogP contribution < -0.4 is 9.46 Å². The maximum Gasteiger partial charge on any atom is 0.322 e. The Bertz CT molecular complexity index is 1000. The van der Waals surface area contributed by atoms with Crippen molar-refractivity contribution in [3.63, 3.8) is 0 Å². The first-order chi connectivity index (χ1) is 12.3. The lowest BCUT2D eigenvalue weighted by Crippen LogP contribution is -2.16. The van der Waals surface area contributed by atoms with Crippen molar-refractivity contribution in [2.24, 2.45) is 0 Å². The molecule has 0 spiro atoms. The average molecular weight is 481 g/mol. The van der Waals surface area contributed by atoms with Gasteiger partial charge in [0.2, 0.25) is 0 Å². The molecule has 3 rings (SSSR count). The van der Waals surface area contributed by atoms with Crippen molar-refractivity contribution in [2.75, 3.05) is 4.72 Å². The van der Waals surface area contributed by atoms with Crippen LogP contribution in [0.4, 0.5) is 5.69 Å². The Morgan fingerprint density at radius 3 is 2.08 bits per heavy atom. The summed E-state index contributed by atoms with van der Waals surface area (Å²) in [5, 5.41) is 0. The van der Waals surface area contributed by atoms with Crippen molar-refractivity contribution in [1.82, 2.24) is 9.97 Å². The summed E-state index contributed by atoms with van der Waals surface area (Å²) in [6.45, 7) is 3.41. The first kappa shape index (κ1) is 18.6. The number of benzene rings is 2. The molecule has 0 atom stereocenters. The van der Waals surface area contributed by atoms with Crippen LogP contribution in [0.15, 0.2) is 59.5 Å². The Labute approximate surface area is 165 Å². The SMILES string of the molecule is Cc1nc(Oc2ccccc2)nc(C)c1NS(=O)(=O)c1ccc(I)cc1. The number of sulfonamides is 1. The minimum atomic E-state index is -3.72. The molecule has 0 bridgehead atoms. The summed E-state index contributed by atoms with van der Waals surface area (Å²) in [4.78, 5) is 8.70. The number of anilines is 1. The highest BCUT2D eigenvalue weighted by molar-refractivity contribution is 14.1. The number of aryl methyl sites for hydroxylation is 2. The van der Waals surface area contributed by atoms with Crippen LogP contribution in [0.2, 0.25) is 0 Å². The Morgan fingerprint density at radius 2 is 1.50 bits per heavy atom. The normalized spacial score (nSPS) is 11.2. The number of ether oxygens (including phenoxy) is 1. The van der Waals surface area contributed by atoms with Crippen LogP contribution >= 0.6 is 22.6 Å². The fourth-order valence-corrected chi connectivity index (χ4v) is 3.82. The summed E-state index contributed by atoms with van der Waals surface area (Å²) in [7, 11) is -3.72. The molecule has 0 fully saturated rings. The molecule has 0 aliphatic heterocycles. The van der Waals surface area contributed by atoms with Crippen molar-refractivity contribution in [2.45, 2.75) is 18.7 Å². The maximum absolute atomic E-state index is 12.6. The second kappa shape index (κ2) is 7.58. The predicted octanol–water partition coefficient (Wildman–Crippen LogP) is 4.29. The topological polar surface area (TPSA) is 81.2 Å². The first-order valence-electron chi connectivity index (χ1n) is 7.72. The highest BCUT2D eigenvalue weighted by atomic mass is 127. The van der Waals surface area contributed by atoms with E-state index in [1.807, 2.05) is 18.2 Å². The van der Waals surface area contributed by atoms with Crippen LogP contribution in [0.3, 0.4) is 0 Å². The van der Waals surface area contributed by atoms with E-state index in [0.29, 0.717) is 22.8 Å². The van der Waals surface area contributed by atoms with Crippen LogP contribution in [0.25, 0.3) is 0 Å². The lowest BCUT2D eigenvalue weighted by Gasteiger charge is -2.13. The van der Waals surface area contributed by atoms with E-state index in [2.05, 4.69) is 37.3 Å². The fraction of sp³-hybridized carbons (Fsp3) is 0.111. The van der Waals surface area contributed by atoms with Gasteiger partial charge in [0.1, 0.15) is 5.75 Å². The Balaban J connectivity index is 1.88. The molecule has 0 amide bonds. The standard InChI is InChI=1S/C18H16IN3O3S/c1-12-17(22-26(23,24)16-10-8-14(19)9-11-16)13(2)21-18(20-12)25-15-6-4-3-5-7-15/h3-11,22H,1-2H3. The third-order valence-electron chi connectivity index (χ3n) is 3.56. The van der Waals surface area contributed by atoms with Gasteiger partial charge in [-0.3, -0.25) is 4.72 Å². The molecule has 0 aliphatic carbocycles. The minimum Gasteiger partial charge on any atom is -0.424 e. The van der Waals surface area contributed by atoms with E-state index in [0.717, 1.165) is 3.57 Å². The number of rotatable bonds is 5. The van der Waals surface area contributed by atoms with E-state index in [1.165, 1.54) is 0 Å². The molecule has 134 valence electrons. The number of halogens is 1. The molecule has 8 heteroatoms. The van der Waals surface area contributed by atoms with E-state index in [9.17, 15) is 8.42 Å². The second-order valence-corrected chi connectivity index (χ2v) is 8.45. The van der Waals surface area contributed by atoms with Gasteiger partial charge in [0.25, 0.3) is 10.0 Å². The summed E-state index contributed by atoms with van der Waals surface area (Å²) in [5.41, 5.74) is 1.32. The van der Waals surface area contributed by atoms with Crippen LogP contribution in [-0.2, 0) is 10.0 Å². The number of nitrogens with one attached hydrogen (secondary N) is 1. The zero-order valence-corrected chi connectivity index (χ0v) is 17.1. The molecule has 26 heavy (non-hydrogen) atoms. The number of para-hydroxylation sites is 1. The largest absolute Gasteiger partial charge is 0.424 e. The summed E-state index contributed by atoms with van der Waals surface area (Å²) in [6, 6.07) is 15.9. The average Bonchev–Trinajstić information content (AvgIpc) is 2.59. The zero-order valence-electron chi connectivity index (χ0n) is 14.1. The molecule has 6 nitrogen and oxygen atoms in total. The summed E-state index contributed by atoms with van der Waals surface area (Å²) >= 11 is 2.12. The molecule has 1 heterocycles. The molecule has 3 aromatic rings. The van der Waals surface area contributed by atoms with Crippen molar-refractivity contribution >= 4 is 38.3 Å². The van der Waals surface area contributed by atoms with Gasteiger partial charge in [-0.25, -0.2) is 8.42 Å². The highest BCUT2D eigenvalue weighted by Gasteiger charge is 2.19. The van der Waals surface area contributed by atoms with Crippen LogP contribution in [-0.4, -0.2) is 18.4 Å². The van der Waals surface area contributed by atoms with E-state index < -0.39 is 10.0 Å². The monoisotopic (exact) mass is 481 g/mol. The Kier molecular flexibility index (Phi) is 5.42. The molecular formula is C18H16IN3O3S. The smallest absolute Gasteiger partial charge is 0.322 e. The quantitative estimate of drug-likeness (QED) is 0.550. The molecule has 0 saturated carbocycles. The van der Waals surface area contributed by atoms with E-state index >= 15 is 0 Å². The Morgan fingerprint density at radius 1 is 0.923 bits per heavy atom. The third-order valence-corrected chi connectivity index (χ3v) is 5.65. The second-order valence-electron chi connectivity index (χ2n) is 5.53. The number of hydrogen-bond acceptors (Lipinski definition) is 5. The number of aromatic nitrogens is 2. The fourth-order valence-electron chi connectivity index (χ4n) is 2.28. The minimum absolute atomic E-state index is 0.170. The van der Waals surface area contributed by atoms with Crippen molar-refractivity contribution in [3.8, 4) is 11.8 Å². The third kappa shape index (κ3) is 4.31. The zero-order chi connectivity index (χ0) is 18.7. The van der Waals surface area contributed by atoms with Crippen LogP contribution in [0.1, 0.15) is 11.4 Å². The lowest BCUT2D eigenvalue weighted by molar-refractivity contribution is 0.439. The first-order valence-corrected chi connectivity index (χ1v) is 10.3. The number of hydrogen-bond donors (Lipinski definition) is 1. The van der Waals surface area contributed by atoms with Gasteiger partial charge >= 0.3 is 6.01 Å². The molecule has 0 radical (unpaired) electrons. The molecule has 0 unspecified atom stereocenters. The summed E-state index contributed by atoms with van der Waals surface area (Å²) in [5.74, 6) is 0.610. The molecule has 1 aromatic heterocycles.